The molecule has 8 heteroatoms. The molecular formula is C22H25F3N2O3. The van der Waals surface area contributed by atoms with Gasteiger partial charge in [-0.25, -0.2) is 0 Å². The highest BCUT2D eigenvalue weighted by molar-refractivity contribution is 5.70. The van der Waals surface area contributed by atoms with Crippen LogP contribution in [0.25, 0.3) is 11.3 Å². The van der Waals surface area contributed by atoms with Gasteiger partial charge in [0.1, 0.15) is 17.2 Å². The number of benzene rings is 1. The van der Waals surface area contributed by atoms with Crippen LogP contribution >= 0.6 is 0 Å². The third-order valence-electron chi connectivity index (χ3n) is 6.39. The first kappa shape index (κ1) is 19.9. The van der Waals surface area contributed by atoms with Crippen molar-refractivity contribution in [3.05, 3.63) is 35.6 Å². The number of para-hydroxylation sites is 1. The molecule has 5 nitrogen and oxygen atoms in total. The number of nitrogens with zero attached hydrogens (tertiary/aromatic N) is 1. The monoisotopic (exact) mass is 422 g/mol. The van der Waals surface area contributed by atoms with Crippen molar-refractivity contribution in [2.24, 2.45) is 0 Å². The van der Waals surface area contributed by atoms with Gasteiger partial charge in [-0.15, -0.1) is 13.2 Å². The summed E-state index contributed by atoms with van der Waals surface area (Å²) in [6.07, 6.45) is 1.39. The van der Waals surface area contributed by atoms with Crippen molar-refractivity contribution < 1.29 is 27.2 Å². The molecule has 1 unspecified atom stereocenters. The van der Waals surface area contributed by atoms with Gasteiger partial charge in [-0.1, -0.05) is 17.3 Å². The highest BCUT2D eigenvalue weighted by Crippen LogP contribution is 2.46. The van der Waals surface area contributed by atoms with Crippen LogP contribution in [0.4, 0.5) is 13.2 Å². The Morgan fingerprint density at radius 2 is 1.83 bits per heavy atom. The molecule has 0 spiro atoms. The molecule has 162 valence electrons. The van der Waals surface area contributed by atoms with E-state index in [1.807, 2.05) is 0 Å². The Morgan fingerprint density at radius 1 is 1.13 bits per heavy atom. The van der Waals surface area contributed by atoms with Gasteiger partial charge in [0.15, 0.2) is 0 Å². The summed E-state index contributed by atoms with van der Waals surface area (Å²) < 4.78 is 55.0. The van der Waals surface area contributed by atoms with Crippen LogP contribution in [0.5, 0.6) is 5.75 Å². The van der Waals surface area contributed by atoms with E-state index >= 15 is 0 Å². The molecule has 1 aliphatic carbocycles. The van der Waals surface area contributed by atoms with Gasteiger partial charge >= 0.3 is 6.36 Å². The van der Waals surface area contributed by atoms with E-state index in [1.165, 1.54) is 12.1 Å². The lowest BCUT2D eigenvalue weighted by Gasteiger charge is -2.38. The topological polar surface area (TPSA) is 56.5 Å². The second-order valence-corrected chi connectivity index (χ2v) is 8.98. The molecule has 1 N–H and O–H groups in total. The van der Waals surface area contributed by atoms with E-state index in [2.05, 4.69) is 22.1 Å². The SMILES string of the molecule is CC1(OCc2c(-c3ccccc3OC(F)(F)F)noc2C2CC2)C[C@H]2CC[C@@H](C1)N2. The second kappa shape index (κ2) is 7.27. The van der Waals surface area contributed by atoms with Gasteiger partial charge < -0.3 is 19.3 Å². The molecule has 3 fully saturated rings. The predicted molar refractivity (Wildman–Crippen MR) is 103 cm³/mol. The standard InChI is InChI=1S/C22H25F3N2O3/c1-21(10-14-8-9-15(11-21)26-14)28-12-17-19(27-30-20(17)13-6-7-13)16-4-2-3-5-18(16)29-22(23,24)25/h2-5,13-15,26H,6-12H2,1H3/t14-,15+,21?. The number of aromatic nitrogens is 1. The molecule has 3 heterocycles. The van der Waals surface area contributed by atoms with Gasteiger partial charge in [0.2, 0.25) is 0 Å². The molecule has 5 rings (SSSR count). The number of hydrogen-bond acceptors (Lipinski definition) is 5. The molecule has 2 aliphatic heterocycles. The van der Waals surface area contributed by atoms with Crippen LogP contribution in [0.15, 0.2) is 28.8 Å². The van der Waals surface area contributed by atoms with E-state index < -0.39 is 6.36 Å². The summed E-state index contributed by atoms with van der Waals surface area (Å²) in [5.74, 6) is 0.706. The first-order valence-electron chi connectivity index (χ1n) is 10.5. The molecule has 0 amide bonds. The van der Waals surface area contributed by atoms with Crippen molar-refractivity contribution in [3.8, 4) is 17.0 Å². The van der Waals surface area contributed by atoms with Crippen LogP contribution < -0.4 is 10.1 Å². The first-order valence-corrected chi connectivity index (χ1v) is 10.5. The van der Waals surface area contributed by atoms with E-state index in [-0.39, 0.29) is 29.4 Å². The highest BCUT2D eigenvalue weighted by atomic mass is 19.4. The minimum Gasteiger partial charge on any atom is -0.405 e. The van der Waals surface area contributed by atoms with Crippen molar-refractivity contribution in [2.75, 3.05) is 0 Å². The maximum atomic E-state index is 12.9. The van der Waals surface area contributed by atoms with E-state index in [0.717, 1.165) is 49.8 Å². The van der Waals surface area contributed by atoms with Crippen molar-refractivity contribution in [2.45, 2.75) is 82.0 Å². The Bertz CT molecular complexity index is 911. The van der Waals surface area contributed by atoms with E-state index in [1.54, 1.807) is 12.1 Å². The average Bonchev–Trinajstić information content (AvgIpc) is 3.34. The fraction of sp³-hybridized carbons (Fsp3) is 0.591. The fourth-order valence-electron chi connectivity index (χ4n) is 4.93. The number of piperidine rings is 1. The summed E-state index contributed by atoms with van der Waals surface area (Å²) in [6, 6.07) is 6.99. The molecular weight excluding hydrogens is 397 g/mol. The zero-order chi connectivity index (χ0) is 20.9. The van der Waals surface area contributed by atoms with Crippen LogP contribution in [-0.4, -0.2) is 29.2 Å². The third-order valence-corrected chi connectivity index (χ3v) is 6.39. The molecule has 0 radical (unpaired) electrons. The van der Waals surface area contributed by atoms with Gasteiger partial charge in [-0.3, -0.25) is 0 Å². The molecule has 1 aromatic carbocycles. The Hall–Kier alpha value is -2.06. The quantitative estimate of drug-likeness (QED) is 0.684. The number of ether oxygens (including phenoxy) is 2. The van der Waals surface area contributed by atoms with E-state index in [0.29, 0.717) is 17.8 Å². The average molecular weight is 422 g/mol. The zero-order valence-corrected chi connectivity index (χ0v) is 16.8. The minimum absolute atomic E-state index is 0.262. The normalized spacial score (nSPS) is 28.7. The van der Waals surface area contributed by atoms with Gasteiger partial charge in [0.05, 0.1) is 12.2 Å². The summed E-state index contributed by atoms with van der Waals surface area (Å²) in [7, 11) is 0. The van der Waals surface area contributed by atoms with Crippen LogP contribution in [0, 0.1) is 0 Å². The van der Waals surface area contributed by atoms with Gasteiger partial charge in [0, 0.05) is 29.1 Å². The highest BCUT2D eigenvalue weighted by Gasteiger charge is 2.42. The van der Waals surface area contributed by atoms with E-state index in [4.69, 9.17) is 9.26 Å². The molecule has 2 bridgehead atoms. The van der Waals surface area contributed by atoms with Crippen LogP contribution in [-0.2, 0) is 11.3 Å². The summed E-state index contributed by atoms with van der Waals surface area (Å²) >= 11 is 0. The lowest BCUT2D eigenvalue weighted by molar-refractivity contribution is -0.274. The summed E-state index contributed by atoms with van der Waals surface area (Å²) in [6.45, 7) is 2.39. The van der Waals surface area contributed by atoms with Crippen LogP contribution in [0.3, 0.4) is 0 Å². The first-order chi connectivity index (χ1) is 14.3. The summed E-state index contributed by atoms with van der Waals surface area (Å²) in [5, 5.41) is 7.76. The smallest absolute Gasteiger partial charge is 0.405 e. The fourth-order valence-corrected chi connectivity index (χ4v) is 4.93. The maximum Gasteiger partial charge on any atom is 0.573 e. The van der Waals surface area contributed by atoms with Crippen LogP contribution in [0.2, 0.25) is 0 Å². The summed E-state index contributed by atoms with van der Waals surface area (Å²) in [5.41, 5.74) is 1.11. The van der Waals surface area contributed by atoms with Crippen molar-refractivity contribution in [1.82, 2.24) is 10.5 Å². The lowest BCUT2D eigenvalue weighted by Crippen LogP contribution is -2.48. The van der Waals surface area contributed by atoms with Gasteiger partial charge in [-0.05, 0) is 57.6 Å². The molecule has 3 aliphatic rings. The molecule has 3 atom stereocenters. The third kappa shape index (κ3) is 4.07. The number of alkyl halides is 3. The lowest BCUT2D eigenvalue weighted by atomic mass is 9.89. The minimum atomic E-state index is -4.78. The van der Waals surface area contributed by atoms with Gasteiger partial charge in [0.25, 0.3) is 0 Å². The number of fused-ring (bicyclic) bond motifs is 2. The number of nitrogens with one attached hydrogen (secondary N) is 1. The summed E-state index contributed by atoms with van der Waals surface area (Å²) in [4.78, 5) is 0. The Morgan fingerprint density at radius 3 is 2.50 bits per heavy atom. The predicted octanol–water partition coefficient (Wildman–Crippen LogP) is 5.31. The molecule has 2 aromatic rings. The number of hydrogen-bond donors (Lipinski definition) is 1. The van der Waals surface area contributed by atoms with Crippen molar-refractivity contribution >= 4 is 0 Å². The molecule has 1 saturated carbocycles. The largest absolute Gasteiger partial charge is 0.573 e. The van der Waals surface area contributed by atoms with E-state index in [9.17, 15) is 13.2 Å². The van der Waals surface area contributed by atoms with Crippen LogP contribution in [0.1, 0.15) is 62.7 Å². The molecule has 30 heavy (non-hydrogen) atoms. The maximum absolute atomic E-state index is 12.9. The van der Waals surface area contributed by atoms with Crippen molar-refractivity contribution in [1.29, 1.82) is 0 Å². The Labute approximate surface area is 172 Å². The Balaban J connectivity index is 1.44. The molecule has 2 saturated heterocycles. The number of halogens is 3. The molecule has 1 aromatic heterocycles. The number of rotatable bonds is 6. The second-order valence-electron chi connectivity index (χ2n) is 8.98. The van der Waals surface area contributed by atoms with Gasteiger partial charge in [-0.2, -0.15) is 0 Å². The van der Waals surface area contributed by atoms with Crippen molar-refractivity contribution in [3.63, 3.8) is 0 Å². The Kier molecular flexibility index (Phi) is 4.82. The zero-order valence-electron chi connectivity index (χ0n) is 16.8.